The lowest BCUT2D eigenvalue weighted by molar-refractivity contribution is -0.914. The summed E-state index contributed by atoms with van der Waals surface area (Å²) in [6, 6.07) is 11.8. The second-order valence-corrected chi connectivity index (χ2v) is 7.18. The third kappa shape index (κ3) is 3.18. The average Bonchev–Trinajstić information content (AvgIpc) is 3.15. The maximum atomic E-state index is 13.1. The van der Waals surface area contributed by atoms with Gasteiger partial charge in [0.2, 0.25) is 6.79 Å². The summed E-state index contributed by atoms with van der Waals surface area (Å²) in [7, 11) is 0. The molecule has 0 unspecified atom stereocenters. The molecule has 0 bridgehead atoms. The van der Waals surface area contributed by atoms with Crippen molar-refractivity contribution >= 4 is 16.7 Å². The minimum absolute atomic E-state index is 0.182. The monoisotopic (exact) mass is 383 g/mol. The van der Waals surface area contributed by atoms with E-state index in [1.54, 1.807) is 12.1 Å². The van der Waals surface area contributed by atoms with Crippen molar-refractivity contribution in [3.8, 4) is 11.5 Å². The van der Waals surface area contributed by atoms with Gasteiger partial charge in [-0.15, -0.1) is 0 Å². The third-order valence-electron chi connectivity index (χ3n) is 5.43. The maximum Gasteiger partial charge on any atom is 0.336 e. The van der Waals surface area contributed by atoms with Crippen LogP contribution in [0.25, 0.3) is 11.0 Å². The number of anilines is 1. The van der Waals surface area contributed by atoms with Gasteiger partial charge in [-0.05, 0) is 30.3 Å². The lowest BCUT2D eigenvalue weighted by Gasteiger charge is -2.33. The molecule has 0 radical (unpaired) electrons. The summed E-state index contributed by atoms with van der Waals surface area (Å²) >= 11 is 0. The van der Waals surface area contributed by atoms with E-state index in [4.69, 9.17) is 13.9 Å². The van der Waals surface area contributed by atoms with Gasteiger partial charge in [0.05, 0.1) is 26.2 Å². The van der Waals surface area contributed by atoms with Crippen LogP contribution in [-0.2, 0) is 6.54 Å². The van der Waals surface area contributed by atoms with Crippen molar-refractivity contribution in [2.24, 2.45) is 0 Å². The number of nitrogens with one attached hydrogen (secondary N) is 1. The highest BCUT2D eigenvalue weighted by Gasteiger charge is 2.23. The summed E-state index contributed by atoms with van der Waals surface area (Å²) in [4.78, 5) is 15.7. The second kappa shape index (κ2) is 6.83. The second-order valence-electron chi connectivity index (χ2n) is 7.18. The Morgan fingerprint density at radius 2 is 1.71 bits per heavy atom. The van der Waals surface area contributed by atoms with Gasteiger partial charge in [0.1, 0.15) is 17.9 Å². The molecule has 2 aliphatic rings. The zero-order chi connectivity index (χ0) is 19.1. The number of hydrogen-bond acceptors (Lipinski definition) is 5. The zero-order valence-corrected chi connectivity index (χ0v) is 15.2. The first-order valence-electron chi connectivity index (χ1n) is 9.36. The summed E-state index contributed by atoms with van der Waals surface area (Å²) in [5.74, 6) is 1.07. The standard InChI is InChI=1S/C21H19FN2O4/c22-15-1-3-16(4-2-15)24-7-5-23(6-8-24)12-14-9-21(25)28-18-11-20-19(10-17(14)18)26-13-27-20/h1-4,9-11H,5-8,12-13H2/p+1. The number of rotatable bonds is 3. The molecule has 1 N–H and O–H groups in total. The zero-order valence-electron chi connectivity index (χ0n) is 15.2. The van der Waals surface area contributed by atoms with E-state index in [9.17, 15) is 9.18 Å². The first-order chi connectivity index (χ1) is 13.7. The van der Waals surface area contributed by atoms with Crippen LogP contribution < -0.4 is 24.9 Å². The van der Waals surface area contributed by atoms with Gasteiger partial charge in [0.25, 0.3) is 0 Å². The lowest BCUT2D eigenvalue weighted by atomic mass is 10.1. The number of fused-ring (bicyclic) bond motifs is 2. The fraction of sp³-hybridized carbons (Fsp3) is 0.286. The molecule has 7 heteroatoms. The quantitative estimate of drug-likeness (QED) is 0.696. The number of nitrogens with zero attached hydrogens (tertiary/aromatic N) is 1. The van der Waals surface area contributed by atoms with Gasteiger partial charge in [0, 0.05) is 28.8 Å². The van der Waals surface area contributed by atoms with E-state index in [1.165, 1.54) is 17.0 Å². The van der Waals surface area contributed by atoms with Crippen molar-refractivity contribution in [1.29, 1.82) is 0 Å². The molecule has 1 fully saturated rings. The highest BCUT2D eigenvalue weighted by Crippen LogP contribution is 2.36. The molecule has 0 aliphatic carbocycles. The normalized spacial score (nSPS) is 16.7. The van der Waals surface area contributed by atoms with Gasteiger partial charge < -0.3 is 23.7 Å². The smallest absolute Gasteiger partial charge is 0.336 e. The molecule has 0 spiro atoms. The van der Waals surface area contributed by atoms with E-state index in [0.29, 0.717) is 17.1 Å². The molecule has 5 rings (SSSR count). The predicted molar refractivity (Wildman–Crippen MR) is 102 cm³/mol. The Bertz CT molecular complexity index is 1070. The average molecular weight is 383 g/mol. The third-order valence-corrected chi connectivity index (χ3v) is 5.43. The molecule has 0 atom stereocenters. The molecular weight excluding hydrogens is 363 g/mol. The van der Waals surface area contributed by atoms with E-state index >= 15 is 0 Å². The molecule has 3 heterocycles. The van der Waals surface area contributed by atoms with Gasteiger partial charge in [-0.25, -0.2) is 9.18 Å². The van der Waals surface area contributed by atoms with E-state index in [0.717, 1.165) is 49.4 Å². The van der Waals surface area contributed by atoms with Crippen LogP contribution in [0, 0.1) is 5.82 Å². The highest BCUT2D eigenvalue weighted by atomic mass is 19.1. The van der Waals surface area contributed by atoms with Crippen LogP contribution >= 0.6 is 0 Å². The van der Waals surface area contributed by atoms with Crippen LogP contribution in [0.2, 0.25) is 0 Å². The molecule has 0 saturated carbocycles. The van der Waals surface area contributed by atoms with Crippen LogP contribution in [0.15, 0.2) is 51.7 Å². The Balaban J connectivity index is 1.35. The van der Waals surface area contributed by atoms with E-state index in [-0.39, 0.29) is 18.2 Å². The van der Waals surface area contributed by atoms with Crippen LogP contribution in [-0.4, -0.2) is 33.0 Å². The SMILES string of the molecule is O=c1cc(C[NH+]2CCN(c3ccc(F)cc3)CC2)c2cc3c(cc2o1)OCO3. The molecule has 144 valence electrons. The van der Waals surface area contributed by atoms with Crippen LogP contribution in [0.4, 0.5) is 10.1 Å². The Morgan fingerprint density at radius 1 is 1.00 bits per heavy atom. The fourth-order valence-electron chi connectivity index (χ4n) is 3.94. The molecule has 1 aromatic heterocycles. The van der Waals surface area contributed by atoms with E-state index in [1.807, 2.05) is 18.2 Å². The minimum atomic E-state index is -0.356. The number of ether oxygens (including phenoxy) is 2. The topological polar surface area (TPSA) is 56.4 Å². The van der Waals surface area contributed by atoms with Gasteiger partial charge in [-0.1, -0.05) is 0 Å². The molecule has 28 heavy (non-hydrogen) atoms. The minimum Gasteiger partial charge on any atom is -0.454 e. The van der Waals surface area contributed by atoms with Crippen LogP contribution in [0.3, 0.4) is 0 Å². The number of piperazine rings is 1. The number of benzene rings is 2. The maximum absolute atomic E-state index is 13.1. The fourth-order valence-corrected chi connectivity index (χ4v) is 3.94. The van der Waals surface area contributed by atoms with Gasteiger partial charge >= 0.3 is 5.63 Å². The lowest BCUT2D eigenvalue weighted by Crippen LogP contribution is -3.13. The van der Waals surface area contributed by atoms with Crippen molar-refractivity contribution < 1.29 is 23.2 Å². The Hall–Kier alpha value is -3.06. The Labute approximate surface area is 160 Å². The summed E-state index contributed by atoms with van der Waals surface area (Å²) in [6.07, 6.45) is 0. The predicted octanol–water partition coefficient (Wildman–Crippen LogP) is 1.57. The van der Waals surface area contributed by atoms with Gasteiger partial charge in [-0.3, -0.25) is 0 Å². The molecule has 2 aliphatic heterocycles. The number of hydrogen-bond donors (Lipinski definition) is 1. The highest BCUT2D eigenvalue weighted by molar-refractivity contribution is 5.84. The van der Waals surface area contributed by atoms with Gasteiger partial charge in [-0.2, -0.15) is 0 Å². The molecule has 0 amide bonds. The number of quaternary nitrogens is 1. The van der Waals surface area contributed by atoms with Crippen LogP contribution in [0.1, 0.15) is 5.56 Å². The van der Waals surface area contributed by atoms with Gasteiger partial charge in [0.15, 0.2) is 11.5 Å². The van der Waals surface area contributed by atoms with Crippen molar-refractivity contribution in [2.45, 2.75) is 6.54 Å². The van der Waals surface area contributed by atoms with Crippen molar-refractivity contribution in [2.75, 3.05) is 37.9 Å². The Morgan fingerprint density at radius 3 is 2.46 bits per heavy atom. The van der Waals surface area contributed by atoms with E-state index < -0.39 is 0 Å². The largest absolute Gasteiger partial charge is 0.454 e. The van der Waals surface area contributed by atoms with Crippen molar-refractivity contribution in [3.63, 3.8) is 0 Å². The van der Waals surface area contributed by atoms with Crippen LogP contribution in [0.5, 0.6) is 11.5 Å². The summed E-state index contributed by atoms with van der Waals surface area (Å²) in [5, 5.41) is 0.886. The number of halogens is 1. The van der Waals surface area contributed by atoms with Crippen molar-refractivity contribution in [3.05, 3.63) is 64.3 Å². The Kier molecular flexibility index (Phi) is 4.16. The molecule has 3 aromatic rings. The molecule has 6 nitrogen and oxygen atoms in total. The first kappa shape index (κ1) is 17.1. The first-order valence-corrected chi connectivity index (χ1v) is 9.36. The summed E-state index contributed by atoms with van der Waals surface area (Å²) in [5.41, 5.74) is 2.16. The summed E-state index contributed by atoms with van der Waals surface area (Å²) in [6.45, 7) is 4.55. The molecule has 1 saturated heterocycles. The molecular formula is C21H20FN2O4+. The summed E-state index contributed by atoms with van der Waals surface area (Å²) < 4.78 is 29.3. The van der Waals surface area contributed by atoms with Crippen molar-refractivity contribution in [1.82, 2.24) is 0 Å². The molecule has 2 aromatic carbocycles. The van der Waals surface area contributed by atoms with E-state index in [2.05, 4.69) is 4.90 Å².